The summed E-state index contributed by atoms with van der Waals surface area (Å²) in [6, 6.07) is 2.05. The Labute approximate surface area is 170 Å². The van der Waals surface area contributed by atoms with E-state index in [0.29, 0.717) is 11.5 Å². The Hall–Kier alpha value is -2.35. The largest absolute Gasteiger partial charge is 0.301 e. The molecule has 0 saturated carbocycles. The second-order valence-corrected chi connectivity index (χ2v) is 9.65. The third-order valence-corrected chi connectivity index (χ3v) is 5.07. The molecule has 0 fully saturated rings. The topological polar surface area (TPSA) is 82.3 Å². The Bertz CT molecular complexity index is 921. The van der Waals surface area contributed by atoms with Gasteiger partial charge in [-0.05, 0) is 24.8 Å². The van der Waals surface area contributed by atoms with E-state index in [4.69, 9.17) is 9.97 Å². The molecule has 0 amide bonds. The summed E-state index contributed by atoms with van der Waals surface area (Å²) >= 11 is 1.50. The number of hydrogen-bond acceptors (Lipinski definition) is 7. The van der Waals surface area contributed by atoms with Gasteiger partial charge in [-0.2, -0.15) is 0 Å². The maximum Gasteiger partial charge on any atom is 0.197 e. The van der Waals surface area contributed by atoms with Crippen molar-refractivity contribution in [1.82, 2.24) is 34.7 Å². The van der Waals surface area contributed by atoms with Crippen molar-refractivity contribution in [1.29, 1.82) is 0 Å². The molecule has 3 rings (SSSR count). The maximum atomic E-state index is 4.83. The molecule has 0 atom stereocenters. The molecule has 3 heterocycles. The van der Waals surface area contributed by atoms with Crippen LogP contribution in [0.5, 0.6) is 0 Å². The van der Waals surface area contributed by atoms with E-state index in [1.165, 1.54) is 11.8 Å². The van der Waals surface area contributed by atoms with E-state index in [0.717, 1.165) is 28.2 Å². The highest BCUT2D eigenvalue weighted by Gasteiger charge is 2.25. The second-order valence-electron chi connectivity index (χ2n) is 8.66. The fourth-order valence-corrected chi connectivity index (χ4v) is 3.44. The number of aromatic nitrogens is 7. The standard InChI is InChI=1S/C20H27N7S/c1-8-27-16(13-12-21-9-10-22-13)25-26-18(27)28-15-11-14(19(2,3)4)23-17(24-15)20(5,6)7/h9-12H,8H2,1-7H3. The zero-order valence-corrected chi connectivity index (χ0v) is 18.4. The molecule has 7 nitrogen and oxygen atoms in total. The Morgan fingerprint density at radius 2 is 1.71 bits per heavy atom. The SMILES string of the molecule is CCn1c(Sc2cc(C(C)(C)C)nc(C(C)(C)C)n2)nnc1-c1cnccn1. The summed E-state index contributed by atoms with van der Waals surface area (Å²) in [5.41, 5.74) is 1.52. The van der Waals surface area contributed by atoms with Crippen molar-refractivity contribution < 1.29 is 0 Å². The molecule has 0 bridgehead atoms. The highest BCUT2D eigenvalue weighted by molar-refractivity contribution is 7.99. The normalized spacial score (nSPS) is 12.4. The molecule has 0 aliphatic rings. The van der Waals surface area contributed by atoms with Gasteiger partial charge in [0.2, 0.25) is 0 Å². The van der Waals surface area contributed by atoms with Crippen molar-refractivity contribution in [3.63, 3.8) is 0 Å². The van der Waals surface area contributed by atoms with Gasteiger partial charge in [-0.25, -0.2) is 15.0 Å². The summed E-state index contributed by atoms with van der Waals surface area (Å²) in [6.07, 6.45) is 5.01. The smallest absolute Gasteiger partial charge is 0.197 e. The molecule has 0 N–H and O–H groups in total. The summed E-state index contributed by atoms with van der Waals surface area (Å²) in [6.45, 7) is 15.7. The molecule has 0 spiro atoms. The quantitative estimate of drug-likeness (QED) is 0.607. The first-order valence-corrected chi connectivity index (χ1v) is 10.2. The molecular formula is C20H27N7S. The molecule has 0 radical (unpaired) electrons. The van der Waals surface area contributed by atoms with Crippen LogP contribution in [0.2, 0.25) is 0 Å². The van der Waals surface area contributed by atoms with Crippen molar-refractivity contribution >= 4 is 11.8 Å². The first kappa shape index (κ1) is 20.4. The molecule has 28 heavy (non-hydrogen) atoms. The van der Waals surface area contributed by atoms with Crippen LogP contribution >= 0.6 is 11.8 Å². The summed E-state index contributed by atoms with van der Waals surface area (Å²) in [7, 11) is 0. The van der Waals surface area contributed by atoms with Crippen molar-refractivity contribution in [3.8, 4) is 11.5 Å². The van der Waals surface area contributed by atoms with Gasteiger partial charge in [-0.3, -0.25) is 4.98 Å². The van der Waals surface area contributed by atoms with Crippen LogP contribution in [-0.4, -0.2) is 34.7 Å². The van der Waals surface area contributed by atoms with Crippen LogP contribution in [0.15, 0.2) is 34.8 Å². The Balaban J connectivity index is 2.03. The van der Waals surface area contributed by atoms with Crippen LogP contribution < -0.4 is 0 Å². The molecule has 0 unspecified atom stereocenters. The van der Waals surface area contributed by atoms with E-state index >= 15 is 0 Å². The van der Waals surface area contributed by atoms with E-state index in [-0.39, 0.29) is 10.8 Å². The second kappa shape index (κ2) is 7.58. The van der Waals surface area contributed by atoms with Crippen molar-refractivity contribution in [2.75, 3.05) is 0 Å². The van der Waals surface area contributed by atoms with Crippen LogP contribution in [0, 0.1) is 0 Å². The minimum absolute atomic E-state index is 0.0680. The van der Waals surface area contributed by atoms with Gasteiger partial charge >= 0.3 is 0 Å². The zero-order valence-electron chi connectivity index (χ0n) is 17.6. The number of hydrogen-bond donors (Lipinski definition) is 0. The van der Waals surface area contributed by atoms with Gasteiger partial charge in [0.15, 0.2) is 11.0 Å². The van der Waals surface area contributed by atoms with E-state index in [2.05, 4.69) is 74.7 Å². The lowest BCUT2D eigenvalue weighted by Gasteiger charge is -2.23. The molecule has 0 aromatic carbocycles. The molecule has 3 aromatic rings. The van der Waals surface area contributed by atoms with Gasteiger partial charge in [0, 0.05) is 29.8 Å². The summed E-state index contributed by atoms with van der Waals surface area (Å²) in [5, 5.41) is 10.4. The summed E-state index contributed by atoms with van der Waals surface area (Å²) in [5.74, 6) is 1.54. The predicted molar refractivity (Wildman–Crippen MR) is 110 cm³/mol. The minimum Gasteiger partial charge on any atom is -0.301 e. The van der Waals surface area contributed by atoms with Crippen LogP contribution in [-0.2, 0) is 17.4 Å². The Morgan fingerprint density at radius 3 is 2.29 bits per heavy atom. The van der Waals surface area contributed by atoms with E-state index in [9.17, 15) is 0 Å². The van der Waals surface area contributed by atoms with E-state index in [1.54, 1.807) is 18.6 Å². The summed E-state index contributed by atoms with van der Waals surface area (Å²) < 4.78 is 2.03. The van der Waals surface area contributed by atoms with E-state index < -0.39 is 0 Å². The fraction of sp³-hybridized carbons (Fsp3) is 0.500. The Kier molecular flexibility index (Phi) is 5.52. The van der Waals surface area contributed by atoms with Crippen LogP contribution in [0.3, 0.4) is 0 Å². The highest BCUT2D eigenvalue weighted by atomic mass is 32.2. The maximum absolute atomic E-state index is 4.83. The molecule has 3 aromatic heterocycles. The zero-order chi connectivity index (χ0) is 20.5. The molecule has 148 valence electrons. The predicted octanol–water partition coefficient (Wildman–Crippen LogP) is 4.29. The highest BCUT2D eigenvalue weighted by Crippen LogP contribution is 2.32. The van der Waals surface area contributed by atoms with Gasteiger partial charge in [-0.15, -0.1) is 10.2 Å². The number of nitrogens with zero attached hydrogens (tertiary/aromatic N) is 7. The fourth-order valence-electron chi connectivity index (χ4n) is 2.54. The lowest BCUT2D eigenvalue weighted by molar-refractivity contribution is 0.505. The first-order valence-electron chi connectivity index (χ1n) is 9.37. The lowest BCUT2D eigenvalue weighted by atomic mass is 9.90. The third-order valence-electron chi connectivity index (χ3n) is 4.16. The van der Waals surface area contributed by atoms with Gasteiger partial charge in [0.1, 0.15) is 16.5 Å². The first-order chi connectivity index (χ1) is 13.1. The minimum atomic E-state index is -0.139. The molecular weight excluding hydrogens is 370 g/mol. The Morgan fingerprint density at radius 1 is 0.964 bits per heavy atom. The van der Waals surface area contributed by atoms with Crippen molar-refractivity contribution in [2.45, 2.75) is 76.0 Å². The van der Waals surface area contributed by atoms with Gasteiger partial charge in [0.05, 0.1) is 11.9 Å². The third kappa shape index (κ3) is 4.38. The molecule has 8 heteroatoms. The molecule has 0 aliphatic carbocycles. The van der Waals surface area contributed by atoms with Crippen molar-refractivity contribution in [2.24, 2.45) is 0 Å². The van der Waals surface area contributed by atoms with Crippen LogP contribution in [0.4, 0.5) is 0 Å². The summed E-state index contributed by atoms with van der Waals surface area (Å²) in [4.78, 5) is 18.1. The van der Waals surface area contributed by atoms with Crippen molar-refractivity contribution in [3.05, 3.63) is 36.2 Å². The van der Waals surface area contributed by atoms with Gasteiger partial charge in [-0.1, -0.05) is 41.5 Å². The van der Waals surface area contributed by atoms with E-state index in [1.807, 2.05) is 4.57 Å². The average Bonchev–Trinajstić information content (AvgIpc) is 3.03. The van der Waals surface area contributed by atoms with Crippen LogP contribution in [0.1, 0.15) is 60.0 Å². The molecule has 0 aliphatic heterocycles. The van der Waals surface area contributed by atoms with Gasteiger partial charge in [0.25, 0.3) is 0 Å². The number of rotatable bonds is 4. The average molecular weight is 398 g/mol. The van der Waals surface area contributed by atoms with Gasteiger partial charge < -0.3 is 4.57 Å². The van der Waals surface area contributed by atoms with Crippen LogP contribution in [0.25, 0.3) is 11.5 Å². The lowest BCUT2D eigenvalue weighted by Crippen LogP contribution is -2.22. The molecule has 0 saturated heterocycles. The monoisotopic (exact) mass is 397 g/mol.